The minimum atomic E-state index is -2.91. The molecule has 1 aliphatic heterocycles. The molecule has 1 unspecified atom stereocenters. The van der Waals surface area contributed by atoms with Crippen LogP contribution in [0.5, 0.6) is 5.75 Å². The van der Waals surface area contributed by atoms with E-state index in [1.807, 2.05) is 11.8 Å². The standard InChI is InChI=1S/C12H16ClNO3S/c1-9-8-18(16,17)6-5-14(9)7-10-3-2-4-11(13)12(10)15/h2-4,9,15H,5-8H2,1H3. The lowest BCUT2D eigenvalue weighted by atomic mass is 10.1. The Morgan fingerprint density at radius 3 is 2.89 bits per heavy atom. The number of aromatic hydroxyl groups is 1. The molecule has 1 fully saturated rings. The van der Waals surface area contributed by atoms with Gasteiger partial charge in [0, 0.05) is 24.7 Å². The van der Waals surface area contributed by atoms with Gasteiger partial charge in [0.05, 0.1) is 16.5 Å². The van der Waals surface area contributed by atoms with Gasteiger partial charge in [-0.3, -0.25) is 4.90 Å². The van der Waals surface area contributed by atoms with Gasteiger partial charge in [-0.25, -0.2) is 8.42 Å². The summed E-state index contributed by atoms with van der Waals surface area (Å²) >= 11 is 5.85. The normalized spacial score (nSPS) is 24.0. The average molecular weight is 290 g/mol. The van der Waals surface area contributed by atoms with Crippen LogP contribution in [0.25, 0.3) is 0 Å². The first-order chi connectivity index (χ1) is 8.39. The van der Waals surface area contributed by atoms with Gasteiger partial charge < -0.3 is 5.11 Å². The number of phenols is 1. The third-order valence-electron chi connectivity index (χ3n) is 3.25. The number of rotatable bonds is 2. The number of halogens is 1. The highest BCUT2D eigenvalue weighted by Crippen LogP contribution is 2.28. The zero-order chi connectivity index (χ0) is 13.3. The third kappa shape index (κ3) is 2.96. The fraction of sp³-hybridized carbons (Fsp3) is 0.500. The summed E-state index contributed by atoms with van der Waals surface area (Å²) in [5.74, 6) is 0.437. The zero-order valence-corrected chi connectivity index (χ0v) is 11.7. The van der Waals surface area contributed by atoms with Crippen molar-refractivity contribution in [1.82, 2.24) is 4.90 Å². The van der Waals surface area contributed by atoms with Gasteiger partial charge in [-0.05, 0) is 13.0 Å². The van der Waals surface area contributed by atoms with Crippen molar-refractivity contribution in [2.24, 2.45) is 0 Å². The molecule has 1 heterocycles. The number of hydrogen-bond acceptors (Lipinski definition) is 4. The van der Waals surface area contributed by atoms with E-state index in [1.165, 1.54) is 0 Å². The highest BCUT2D eigenvalue weighted by molar-refractivity contribution is 7.91. The lowest BCUT2D eigenvalue weighted by Crippen LogP contribution is -2.46. The highest BCUT2D eigenvalue weighted by Gasteiger charge is 2.28. The predicted molar refractivity (Wildman–Crippen MR) is 71.6 cm³/mol. The van der Waals surface area contributed by atoms with Crippen molar-refractivity contribution < 1.29 is 13.5 Å². The summed E-state index contributed by atoms with van der Waals surface area (Å²) in [5, 5.41) is 10.2. The first kappa shape index (κ1) is 13.6. The molecule has 1 saturated heterocycles. The monoisotopic (exact) mass is 289 g/mol. The SMILES string of the molecule is CC1CS(=O)(=O)CCN1Cc1cccc(Cl)c1O. The lowest BCUT2D eigenvalue weighted by Gasteiger charge is -2.33. The topological polar surface area (TPSA) is 57.6 Å². The average Bonchev–Trinajstić information content (AvgIpc) is 2.27. The molecule has 0 saturated carbocycles. The van der Waals surface area contributed by atoms with Crippen LogP contribution < -0.4 is 0 Å². The Morgan fingerprint density at radius 2 is 2.22 bits per heavy atom. The van der Waals surface area contributed by atoms with Crippen molar-refractivity contribution in [3.8, 4) is 5.75 Å². The van der Waals surface area contributed by atoms with Crippen molar-refractivity contribution in [2.45, 2.75) is 19.5 Å². The minimum Gasteiger partial charge on any atom is -0.506 e. The molecule has 0 bridgehead atoms. The smallest absolute Gasteiger partial charge is 0.153 e. The van der Waals surface area contributed by atoms with Crippen molar-refractivity contribution >= 4 is 21.4 Å². The van der Waals surface area contributed by atoms with E-state index in [9.17, 15) is 13.5 Å². The number of phenolic OH excluding ortho intramolecular Hbond substituents is 1. The molecule has 0 aliphatic carbocycles. The summed E-state index contributed by atoms with van der Waals surface area (Å²) in [6.45, 7) is 2.90. The Kier molecular flexibility index (Phi) is 3.84. The molecule has 6 heteroatoms. The van der Waals surface area contributed by atoms with Gasteiger partial charge in [-0.15, -0.1) is 0 Å². The van der Waals surface area contributed by atoms with E-state index in [0.717, 1.165) is 5.56 Å². The van der Waals surface area contributed by atoms with E-state index in [2.05, 4.69) is 0 Å². The van der Waals surface area contributed by atoms with Crippen LogP contribution in [0.1, 0.15) is 12.5 Å². The van der Waals surface area contributed by atoms with E-state index in [1.54, 1.807) is 18.2 Å². The fourth-order valence-corrected chi connectivity index (χ4v) is 3.99. The zero-order valence-electron chi connectivity index (χ0n) is 10.1. The van der Waals surface area contributed by atoms with Crippen LogP contribution >= 0.6 is 11.6 Å². The molecule has 0 radical (unpaired) electrons. The Hall–Kier alpha value is -0.780. The van der Waals surface area contributed by atoms with E-state index in [-0.39, 0.29) is 23.3 Å². The molecule has 100 valence electrons. The number of hydrogen-bond donors (Lipinski definition) is 1. The number of para-hydroxylation sites is 1. The van der Waals surface area contributed by atoms with Crippen LogP contribution in [0.15, 0.2) is 18.2 Å². The van der Waals surface area contributed by atoms with Crippen LogP contribution in [0.3, 0.4) is 0 Å². The summed E-state index contributed by atoms with van der Waals surface area (Å²) in [5.41, 5.74) is 0.730. The largest absolute Gasteiger partial charge is 0.506 e. The molecule has 2 rings (SSSR count). The maximum Gasteiger partial charge on any atom is 0.153 e. The van der Waals surface area contributed by atoms with Crippen molar-refractivity contribution in [2.75, 3.05) is 18.1 Å². The van der Waals surface area contributed by atoms with Crippen LogP contribution in [0.4, 0.5) is 0 Å². The van der Waals surface area contributed by atoms with Crippen LogP contribution in [-0.4, -0.2) is 42.5 Å². The van der Waals surface area contributed by atoms with Crippen molar-refractivity contribution in [1.29, 1.82) is 0 Å². The Labute approximate surface area is 112 Å². The second-order valence-electron chi connectivity index (χ2n) is 4.68. The first-order valence-corrected chi connectivity index (χ1v) is 8.00. The molecule has 0 amide bonds. The second kappa shape index (κ2) is 5.07. The second-order valence-corrected chi connectivity index (χ2v) is 7.32. The van der Waals surface area contributed by atoms with Gasteiger partial charge >= 0.3 is 0 Å². The van der Waals surface area contributed by atoms with E-state index >= 15 is 0 Å². The van der Waals surface area contributed by atoms with Gasteiger partial charge in [0.1, 0.15) is 5.75 Å². The molecule has 4 nitrogen and oxygen atoms in total. The van der Waals surface area contributed by atoms with Gasteiger partial charge in [0.25, 0.3) is 0 Å². The molecule has 1 aromatic carbocycles. The van der Waals surface area contributed by atoms with Crippen LogP contribution in [-0.2, 0) is 16.4 Å². The van der Waals surface area contributed by atoms with E-state index < -0.39 is 9.84 Å². The Morgan fingerprint density at radius 1 is 1.50 bits per heavy atom. The Balaban J connectivity index is 2.13. The number of nitrogens with zero attached hydrogens (tertiary/aromatic N) is 1. The summed E-state index contributed by atoms with van der Waals surface area (Å²) < 4.78 is 23.0. The predicted octanol–water partition coefficient (Wildman–Crippen LogP) is 1.66. The maximum atomic E-state index is 11.5. The summed E-state index contributed by atoms with van der Waals surface area (Å²) in [6, 6.07) is 5.17. The Bertz CT molecular complexity index is 544. The molecule has 18 heavy (non-hydrogen) atoms. The van der Waals surface area contributed by atoms with Crippen LogP contribution in [0.2, 0.25) is 5.02 Å². The van der Waals surface area contributed by atoms with Crippen molar-refractivity contribution in [3.05, 3.63) is 28.8 Å². The van der Waals surface area contributed by atoms with E-state index in [0.29, 0.717) is 18.1 Å². The molecule has 1 aliphatic rings. The maximum absolute atomic E-state index is 11.5. The lowest BCUT2D eigenvalue weighted by molar-refractivity contribution is 0.215. The van der Waals surface area contributed by atoms with E-state index in [4.69, 9.17) is 11.6 Å². The first-order valence-electron chi connectivity index (χ1n) is 5.80. The van der Waals surface area contributed by atoms with Gasteiger partial charge in [-0.2, -0.15) is 0 Å². The van der Waals surface area contributed by atoms with Crippen LogP contribution in [0, 0.1) is 0 Å². The molecule has 0 aromatic heterocycles. The van der Waals surface area contributed by atoms with Crippen molar-refractivity contribution in [3.63, 3.8) is 0 Å². The van der Waals surface area contributed by atoms with Gasteiger partial charge in [0.2, 0.25) is 0 Å². The number of benzene rings is 1. The summed E-state index contributed by atoms with van der Waals surface area (Å²) in [4.78, 5) is 2.05. The molecule has 1 N–H and O–H groups in total. The summed E-state index contributed by atoms with van der Waals surface area (Å²) in [7, 11) is -2.91. The highest BCUT2D eigenvalue weighted by atomic mass is 35.5. The minimum absolute atomic E-state index is 0.0397. The van der Waals surface area contributed by atoms with Gasteiger partial charge in [-0.1, -0.05) is 23.7 Å². The quantitative estimate of drug-likeness (QED) is 0.900. The number of sulfone groups is 1. The molecule has 1 aromatic rings. The third-order valence-corrected chi connectivity index (χ3v) is 5.35. The van der Waals surface area contributed by atoms with Gasteiger partial charge in [0.15, 0.2) is 9.84 Å². The molecular weight excluding hydrogens is 274 g/mol. The molecular formula is C12H16ClNO3S. The summed E-state index contributed by atoms with van der Waals surface area (Å²) in [6.07, 6.45) is 0. The molecule has 0 spiro atoms. The fourth-order valence-electron chi connectivity index (χ4n) is 2.17. The molecule has 1 atom stereocenters.